The summed E-state index contributed by atoms with van der Waals surface area (Å²) in [5.74, 6) is 0. The first-order chi connectivity index (χ1) is 11.5. The SMILES string of the molecule is CC(C)(C)OC(=O)N1CC[C@@H](N(C(=O)OC(C)(C)C)c2nccs2)C1. The normalized spacial score (nSPS) is 18.2. The van der Waals surface area contributed by atoms with Gasteiger partial charge in [-0.05, 0) is 48.0 Å². The van der Waals surface area contributed by atoms with E-state index in [0.29, 0.717) is 24.6 Å². The van der Waals surface area contributed by atoms with Crippen molar-refractivity contribution in [2.24, 2.45) is 0 Å². The molecule has 1 saturated heterocycles. The van der Waals surface area contributed by atoms with Crippen molar-refractivity contribution in [3.8, 4) is 0 Å². The summed E-state index contributed by atoms with van der Waals surface area (Å²) in [6.07, 6.45) is 1.49. The zero-order valence-corrected chi connectivity index (χ0v) is 16.6. The number of rotatable bonds is 2. The summed E-state index contributed by atoms with van der Waals surface area (Å²) in [5, 5.41) is 2.39. The van der Waals surface area contributed by atoms with Crippen molar-refractivity contribution in [1.82, 2.24) is 9.88 Å². The Hall–Kier alpha value is -1.83. The Morgan fingerprint density at radius 1 is 1.20 bits per heavy atom. The summed E-state index contributed by atoms with van der Waals surface area (Å²) >= 11 is 1.37. The topological polar surface area (TPSA) is 72.0 Å². The minimum atomic E-state index is -0.601. The standard InChI is InChI=1S/C17H27N3O4S/c1-16(2,3)23-14(21)19-9-7-12(11-19)20(13-18-8-10-25-13)15(22)24-17(4,5)6/h8,10,12H,7,9,11H2,1-6H3/t12-/m1/s1. The molecule has 0 N–H and O–H groups in total. The summed E-state index contributed by atoms with van der Waals surface area (Å²) in [6.45, 7) is 11.9. The van der Waals surface area contributed by atoms with Gasteiger partial charge in [0, 0.05) is 24.7 Å². The zero-order valence-electron chi connectivity index (χ0n) is 15.7. The van der Waals surface area contributed by atoms with E-state index in [1.54, 1.807) is 16.0 Å². The summed E-state index contributed by atoms with van der Waals surface area (Å²) in [7, 11) is 0. The summed E-state index contributed by atoms with van der Waals surface area (Å²) < 4.78 is 11.0. The lowest BCUT2D eigenvalue weighted by Gasteiger charge is -2.30. The van der Waals surface area contributed by atoms with E-state index in [4.69, 9.17) is 9.47 Å². The van der Waals surface area contributed by atoms with Crippen molar-refractivity contribution < 1.29 is 19.1 Å². The van der Waals surface area contributed by atoms with Gasteiger partial charge in [-0.2, -0.15) is 0 Å². The molecule has 7 nitrogen and oxygen atoms in total. The molecule has 1 aliphatic heterocycles. The van der Waals surface area contributed by atoms with Crippen molar-refractivity contribution in [3.63, 3.8) is 0 Å². The maximum atomic E-state index is 12.7. The van der Waals surface area contributed by atoms with Gasteiger partial charge in [-0.1, -0.05) is 0 Å². The molecule has 2 heterocycles. The number of nitrogens with zero attached hydrogens (tertiary/aromatic N) is 3. The number of hydrogen-bond acceptors (Lipinski definition) is 6. The molecule has 1 atom stereocenters. The maximum absolute atomic E-state index is 12.7. The third-order valence-corrected chi connectivity index (χ3v) is 4.17. The molecule has 0 bridgehead atoms. The van der Waals surface area contributed by atoms with Crippen LogP contribution in [0.1, 0.15) is 48.0 Å². The lowest BCUT2D eigenvalue weighted by atomic mass is 10.2. The number of anilines is 1. The highest BCUT2D eigenvalue weighted by Gasteiger charge is 2.38. The van der Waals surface area contributed by atoms with Gasteiger partial charge in [-0.3, -0.25) is 0 Å². The Morgan fingerprint density at radius 2 is 1.84 bits per heavy atom. The average molecular weight is 369 g/mol. The summed E-state index contributed by atoms with van der Waals surface area (Å²) in [5.41, 5.74) is -1.15. The van der Waals surface area contributed by atoms with Gasteiger partial charge in [-0.15, -0.1) is 11.3 Å². The van der Waals surface area contributed by atoms with E-state index in [0.717, 1.165) is 0 Å². The van der Waals surface area contributed by atoms with E-state index in [1.807, 2.05) is 46.9 Å². The molecule has 0 spiro atoms. The minimum Gasteiger partial charge on any atom is -0.444 e. The Balaban J connectivity index is 2.12. The van der Waals surface area contributed by atoms with Crippen LogP contribution in [0, 0.1) is 0 Å². The number of hydrogen-bond donors (Lipinski definition) is 0. The second-order valence-corrected chi connectivity index (χ2v) is 8.91. The van der Waals surface area contributed by atoms with Gasteiger partial charge in [0.1, 0.15) is 11.2 Å². The number of thiazole rings is 1. The van der Waals surface area contributed by atoms with Gasteiger partial charge in [0.15, 0.2) is 5.13 Å². The highest BCUT2D eigenvalue weighted by atomic mass is 32.1. The van der Waals surface area contributed by atoms with Gasteiger partial charge < -0.3 is 14.4 Å². The smallest absolute Gasteiger partial charge is 0.416 e. The van der Waals surface area contributed by atoms with E-state index in [9.17, 15) is 9.59 Å². The van der Waals surface area contributed by atoms with E-state index < -0.39 is 17.3 Å². The Bertz CT molecular complexity index is 604. The number of aromatic nitrogens is 1. The second kappa shape index (κ2) is 7.19. The monoisotopic (exact) mass is 369 g/mol. The maximum Gasteiger partial charge on any atom is 0.416 e. The van der Waals surface area contributed by atoms with Crippen LogP contribution in [0.2, 0.25) is 0 Å². The second-order valence-electron chi connectivity index (χ2n) is 8.03. The Kier molecular flexibility index (Phi) is 5.61. The van der Waals surface area contributed by atoms with Crippen molar-refractivity contribution >= 4 is 28.7 Å². The van der Waals surface area contributed by atoms with E-state index in [2.05, 4.69) is 4.98 Å². The molecule has 2 amide bonds. The fourth-order valence-corrected chi connectivity index (χ4v) is 3.18. The van der Waals surface area contributed by atoms with Gasteiger partial charge in [-0.25, -0.2) is 19.5 Å². The van der Waals surface area contributed by atoms with Gasteiger partial charge in [0.25, 0.3) is 0 Å². The predicted octanol–water partition coefficient (Wildman–Crippen LogP) is 3.89. The van der Waals surface area contributed by atoms with Gasteiger partial charge in [0.2, 0.25) is 0 Å². The van der Waals surface area contributed by atoms with Crippen LogP contribution in [-0.2, 0) is 9.47 Å². The minimum absolute atomic E-state index is 0.187. The molecule has 0 aliphatic carbocycles. The lowest BCUT2D eigenvalue weighted by molar-refractivity contribution is 0.0287. The fourth-order valence-electron chi connectivity index (χ4n) is 2.47. The highest BCUT2D eigenvalue weighted by Crippen LogP contribution is 2.28. The molecular formula is C17H27N3O4S. The molecule has 2 rings (SSSR count). The van der Waals surface area contributed by atoms with Crippen LogP contribution < -0.4 is 4.90 Å². The van der Waals surface area contributed by atoms with Gasteiger partial charge in [0.05, 0.1) is 6.04 Å². The van der Waals surface area contributed by atoms with Crippen LogP contribution in [0.4, 0.5) is 14.7 Å². The number of carbonyl (C=O) groups is 2. The van der Waals surface area contributed by atoms with Crippen molar-refractivity contribution in [2.45, 2.75) is 65.2 Å². The fraction of sp³-hybridized carbons (Fsp3) is 0.706. The van der Waals surface area contributed by atoms with E-state index in [1.165, 1.54) is 11.3 Å². The average Bonchev–Trinajstić information content (AvgIpc) is 3.06. The molecule has 0 aromatic carbocycles. The molecule has 0 radical (unpaired) electrons. The number of amides is 2. The van der Waals surface area contributed by atoms with Crippen molar-refractivity contribution in [1.29, 1.82) is 0 Å². The highest BCUT2D eigenvalue weighted by molar-refractivity contribution is 7.13. The Morgan fingerprint density at radius 3 is 2.36 bits per heavy atom. The molecule has 0 unspecified atom stereocenters. The third kappa shape index (κ3) is 5.59. The third-order valence-electron chi connectivity index (χ3n) is 3.40. The molecule has 1 fully saturated rings. The molecule has 0 saturated carbocycles. The van der Waals surface area contributed by atoms with Crippen molar-refractivity contribution in [2.75, 3.05) is 18.0 Å². The first-order valence-electron chi connectivity index (χ1n) is 8.36. The predicted molar refractivity (Wildman–Crippen MR) is 97.0 cm³/mol. The molecule has 140 valence electrons. The lowest BCUT2D eigenvalue weighted by Crippen LogP contribution is -2.45. The number of likely N-dealkylation sites (tertiary alicyclic amines) is 1. The molecular weight excluding hydrogens is 342 g/mol. The molecule has 8 heteroatoms. The van der Waals surface area contributed by atoms with Crippen LogP contribution in [0.5, 0.6) is 0 Å². The largest absolute Gasteiger partial charge is 0.444 e. The summed E-state index contributed by atoms with van der Waals surface area (Å²) in [6, 6.07) is -0.187. The quantitative estimate of drug-likeness (QED) is 0.791. The van der Waals surface area contributed by atoms with Crippen molar-refractivity contribution in [3.05, 3.63) is 11.6 Å². The summed E-state index contributed by atoms with van der Waals surface area (Å²) in [4.78, 5) is 32.4. The van der Waals surface area contributed by atoms with Crippen LogP contribution in [0.25, 0.3) is 0 Å². The Labute approximate surface area is 152 Å². The molecule has 25 heavy (non-hydrogen) atoms. The molecule has 1 aromatic heterocycles. The first-order valence-corrected chi connectivity index (χ1v) is 9.24. The first kappa shape index (κ1) is 19.5. The molecule has 1 aromatic rings. The van der Waals surface area contributed by atoms with Gasteiger partial charge >= 0.3 is 12.2 Å². The van der Waals surface area contributed by atoms with Crippen LogP contribution in [0.15, 0.2) is 11.6 Å². The van der Waals surface area contributed by atoms with E-state index in [-0.39, 0.29) is 12.1 Å². The van der Waals surface area contributed by atoms with Crippen LogP contribution in [0.3, 0.4) is 0 Å². The van der Waals surface area contributed by atoms with Crippen LogP contribution in [-0.4, -0.2) is 52.4 Å². The number of carbonyl (C=O) groups excluding carboxylic acids is 2. The van der Waals surface area contributed by atoms with E-state index >= 15 is 0 Å². The van der Waals surface area contributed by atoms with Crippen LogP contribution >= 0.6 is 11.3 Å². The number of ether oxygens (including phenoxy) is 2. The molecule has 1 aliphatic rings. The zero-order chi connectivity index (χ0) is 18.8.